The minimum absolute atomic E-state index is 0.0940. The molecule has 1 aliphatic heterocycles. The maximum Gasteiger partial charge on any atom is 0.321 e. The number of amides is 2. The molecule has 0 saturated carbocycles. The summed E-state index contributed by atoms with van der Waals surface area (Å²) in [5.74, 6) is -0.394. The van der Waals surface area contributed by atoms with Crippen LogP contribution in [0, 0.1) is 5.82 Å². The summed E-state index contributed by atoms with van der Waals surface area (Å²) in [5.41, 5.74) is 0.414. The lowest BCUT2D eigenvalue weighted by molar-refractivity contribution is 0.182. The van der Waals surface area contributed by atoms with Gasteiger partial charge in [-0.1, -0.05) is 6.07 Å². The highest BCUT2D eigenvalue weighted by atomic mass is 19.1. The van der Waals surface area contributed by atoms with Gasteiger partial charge in [-0.2, -0.15) is 0 Å². The van der Waals surface area contributed by atoms with Crippen molar-refractivity contribution in [2.45, 2.75) is 18.9 Å². The molecule has 0 aromatic heterocycles. The van der Waals surface area contributed by atoms with Crippen molar-refractivity contribution in [1.29, 1.82) is 0 Å². The molecule has 1 unspecified atom stereocenters. The van der Waals surface area contributed by atoms with Gasteiger partial charge >= 0.3 is 6.03 Å². The molecule has 0 radical (unpaired) electrons. The highest BCUT2D eigenvalue weighted by molar-refractivity contribution is 5.89. The second-order valence-corrected chi connectivity index (χ2v) is 4.90. The minimum atomic E-state index is -0.394. The van der Waals surface area contributed by atoms with E-state index >= 15 is 0 Å². The maximum atomic E-state index is 13.1. The third-order valence-electron chi connectivity index (χ3n) is 3.34. The number of halogens is 1. The number of benzene rings is 1. The van der Waals surface area contributed by atoms with E-state index in [-0.39, 0.29) is 25.2 Å². The van der Waals surface area contributed by atoms with Crippen LogP contribution >= 0.6 is 0 Å². The zero-order valence-electron chi connectivity index (χ0n) is 11.3. The van der Waals surface area contributed by atoms with Crippen LogP contribution < -0.4 is 10.6 Å². The molecule has 1 fully saturated rings. The monoisotopic (exact) mass is 281 g/mol. The second kappa shape index (κ2) is 7.21. The van der Waals surface area contributed by atoms with Crippen LogP contribution in [-0.4, -0.2) is 48.3 Å². The molecular formula is C14H20FN3O2. The first kappa shape index (κ1) is 14.7. The third-order valence-corrected chi connectivity index (χ3v) is 3.34. The van der Waals surface area contributed by atoms with Crippen molar-refractivity contribution in [1.82, 2.24) is 10.2 Å². The van der Waals surface area contributed by atoms with Crippen LogP contribution in [0.3, 0.4) is 0 Å². The van der Waals surface area contributed by atoms with Gasteiger partial charge < -0.3 is 20.6 Å². The van der Waals surface area contributed by atoms with Gasteiger partial charge in [-0.05, 0) is 37.6 Å². The van der Waals surface area contributed by atoms with Gasteiger partial charge in [0.05, 0.1) is 6.61 Å². The molecule has 1 heterocycles. The lowest BCUT2D eigenvalue weighted by Crippen LogP contribution is -2.44. The van der Waals surface area contributed by atoms with Crippen molar-refractivity contribution in [2.24, 2.45) is 0 Å². The Kier molecular flexibility index (Phi) is 5.31. The van der Waals surface area contributed by atoms with Gasteiger partial charge in [0.1, 0.15) is 5.82 Å². The molecule has 1 saturated heterocycles. The van der Waals surface area contributed by atoms with Gasteiger partial charge in [-0.25, -0.2) is 9.18 Å². The lowest BCUT2D eigenvalue weighted by Gasteiger charge is -2.25. The zero-order valence-corrected chi connectivity index (χ0v) is 11.3. The fraction of sp³-hybridized carbons (Fsp3) is 0.500. The summed E-state index contributed by atoms with van der Waals surface area (Å²) >= 11 is 0. The summed E-state index contributed by atoms with van der Waals surface area (Å²) in [6, 6.07) is 5.70. The first-order chi connectivity index (χ1) is 9.69. The molecule has 0 spiro atoms. The average Bonchev–Trinajstić information content (AvgIpc) is 2.91. The SMILES string of the molecule is O=C(Nc1cccc(F)c1)N(CCO)CC1CCCN1. The molecule has 3 N–H and O–H groups in total. The molecule has 1 atom stereocenters. The molecule has 2 rings (SSSR count). The third kappa shape index (κ3) is 4.18. The number of anilines is 1. The maximum absolute atomic E-state index is 13.1. The number of hydrogen-bond donors (Lipinski definition) is 3. The summed E-state index contributed by atoms with van der Waals surface area (Å²) in [6.45, 7) is 1.67. The van der Waals surface area contributed by atoms with Crippen LogP contribution in [0.4, 0.5) is 14.9 Å². The fourth-order valence-electron chi connectivity index (χ4n) is 2.34. The van der Waals surface area contributed by atoms with E-state index in [1.807, 2.05) is 0 Å². The number of hydrogen-bond acceptors (Lipinski definition) is 3. The average molecular weight is 281 g/mol. The molecule has 2 amide bonds. The van der Waals surface area contributed by atoms with E-state index in [1.165, 1.54) is 12.1 Å². The predicted octanol–water partition coefficient (Wildman–Crippen LogP) is 1.40. The Labute approximate surface area is 117 Å². The van der Waals surface area contributed by atoms with Crippen LogP contribution in [0.25, 0.3) is 0 Å². The second-order valence-electron chi connectivity index (χ2n) is 4.90. The molecule has 0 bridgehead atoms. The van der Waals surface area contributed by atoms with E-state index in [1.54, 1.807) is 17.0 Å². The van der Waals surface area contributed by atoms with E-state index in [9.17, 15) is 9.18 Å². The standard InChI is InChI=1S/C14H20FN3O2/c15-11-3-1-4-12(9-11)17-14(20)18(7-8-19)10-13-5-2-6-16-13/h1,3-4,9,13,16,19H,2,5-8,10H2,(H,17,20). The number of urea groups is 1. The van der Waals surface area contributed by atoms with Crippen molar-refractivity contribution < 1.29 is 14.3 Å². The summed E-state index contributed by atoms with van der Waals surface area (Å²) in [5, 5.41) is 15.0. The first-order valence-electron chi connectivity index (χ1n) is 6.85. The Morgan fingerprint density at radius 1 is 1.55 bits per heavy atom. The van der Waals surface area contributed by atoms with Gasteiger partial charge in [-0.3, -0.25) is 0 Å². The number of aliphatic hydroxyl groups is 1. The van der Waals surface area contributed by atoms with E-state index in [2.05, 4.69) is 10.6 Å². The quantitative estimate of drug-likeness (QED) is 0.764. The zero-order chi connectivity index (χ0) is 14.4. The number of nitrogens with one attached hydrogen (secondary N) is 2. The highest BCUT2D eigenvalue weighted by Gasteiger charge is 2.21. The van der Waals surface area contributed by atoms with Gasteiger partial charge in [0, 0.05) is 24.8 Å². The Morgan fingerprint density at radius 3 is 3.05 bits per heavy atom. The molecule has 0 aliphatic carbocycles. The van der Waals surface area contributed by atoms with Gasteiger partial charge in [0.15, 0.2) is 0 Å². The van der Waals surface area contributed by atoms with Crippen LogP contribution in [0.15, 0.2) is 24.3 Å². The molecule has 1 aliphatic rings. The Bertz CT molecular complexity index is 450. The summed E-state index contributed by atoms with van der Waals surface area (Å²) < 4.78 is 13.1. The molecule has 110 valence electrons. The van der Waals surface area contributed by atoms with Crippen molar-refractivity contribution in [2.75, 3.05) is 31.6 Å². The van der Waals surface area contributed by atoms with E-state index in [0.717, 1.165) is 19.4 Å². The van der Waals surface area contributed by atoms with Crippen LogP contribution in [0.1, 0.15) is 12.8 Å². The van der Waals surface area contributed by atoms with Gasteiger partial charge in [0.2, 0.25) is 0 Å². The molecule has 1 aromatic rings. The van der Waals surface area contributed by atoms with E-state index in [4.69, 9.17) is 5.11 Å². The van der Waals surface area contributed by atoms with E-state index in [0.29, 0.717) is 12.2 Å². The minimum Gasteiger partial charge on any atom is -0.395 e. The summed E-state index contributed by atoms with van der Waals surface area (Å²) in [6.07, 6.45) is 2.12. The summed E-state index contributed by atoms with van der Waals surface area (Å²) in [4.78, 5) is 13.7. The largest absolute Gasteiger partial charge is 0.395 e. The molecule has 5 nitrogen and oxygen atoms in total. The number of carbonyl (C=O) groups excluding carboxylic acids is 1. The highest BCUT2D eigenvalue weighted by Crippen LogP contribution is 2.12. The smallest absolute Gasteiger partial charge is 0.321 e. The first-order valence-corrected chi connectivity index (χ1v) is 6.85. The number of aliphatic hydroxyl groups excluding tert-OH is 1. The Morgan fingerprint density at radius 2 is 2.40 bits per heavy atom. The number of nitrogens with zero attached hydrogens (tertiary/aromatic N) is 1. The summed E-state index contributed by atoms with van der Waals surface area (Å²) in [7, 11) is 0. The van der Waals surface area contributed by atoms with Crippen LogP contribution in [0.2, 0.25) is 0 Å². The van der Waals surface area contributed by atoms with Crippen molar-refractivity contribution in [3.05, 3.63) is 30.1 Å². The van der Waals surface area contributed by atoms with Crippen molar-refractivity contribution >= 4 is 11.7 Å². The van der Waals surface area contributed by atoms with Crippen molar-refractivity contribution in [3.63, 3.8) is 0 Å². The van der Waals surface area contributed by atoms with Crippen molar-refractivity contribution in [3.8, 4) is 0 Å². The van der Waals surface area contributed by atoms with Crippen LogP contribution in [-0.2, 0) is 0 Å². The number of carbonyl (C=O) groups is 1. The Hall–Kier alpha value is -1.66. The van der Waals surface area contributed by atoms with Gasteiger partial charge in [0.25, 0.3) is 0 Å². The molecule has 20 heavy (non-hydrogen) atoms. The van der Waals surface area contributed by atoms with E-state index < -0.39 is 5.82 Å². The Balaban J connectivity index is 1.95. The molecular weight excluding hydrogens is 261 g/mol. The fourth-order valence-corrected chi connectivity index (χ4v) is 2.34. The topological polar surface area (TPSA) is 64.6 Å². The normalized spacial score (nSPS) is 18.0. The predicted molar refractivity (Wildman–Crippen MR) is 75.1 cm³/mol. The van der Waals surface area contributed by atoms with Crippen LogP contribution in [0.5, 0.6) is 0 Å². The lowest BCUT2D eigenvalue weighted by atomic mass is 10.2. The molecule has 6 heteroatoms. The van der Waals surface area contributed by atoms with Gasteiger partial charge in [-0.15, -0.1) is 0 Å². The number of rotatable bonds is 5. The molecule has 1 aromatic carbocycles.